The summed E-state index contributed by atoms with van der Waals surface area (Å²) >= 11 is 0. The highest BCUT2D eigenvalue weighted by atomic mass is 16.6. The Morgan fingerprint density at radius 2 is 2.24 bits per heavy atom. The average Bonchev–Trinajstić information content (AvgIpc) is 2.36. The van der Waals surface area contributed by atoms with Crippen molar-refractivity contribution in [3.8, 4) is 6.07 Å². The minimum atomic E-state index is -0.503. The number of hydrogen-bond acceptors (Lipinski definition) is 6. The van der Waals surface area contributed by atoms with Crippen molar-refractivity contribution in [2.45, 2.75) is 45.8 Å². The van der Waals surface area contributed by atoms with Gasteiger partial charge in [0.15, 0.2) is 0 Å². The molecule has 1 heterocycles. The molecule has 1 aromatic rings. The number of nitrogens with one attached hydrogen (secondary N) is 2. The van der Waals surface area contributed by atoms with Crippen LogP contribution in [0.15, 0.2) is 12.3 Å². The van der Waals surface area contributed by atoms with Gasteiger partial charge in [-0.15, -0.1) is 0 Å². The van der Waals surface area contributed by atoms with Gasteiger partial charge < -0.3 is 15.4 Å². The van der Waals surface area contributed by atoms with E-state index in [4.69, 9.17) is 10.00 Å². The molecule has 0 spiro atoms. The summed E-state index contributed by atoms with van der Waals surface area (Å²) in [5, 5.41) is 14.5. The molecule has 1 atom stereocenters. The Morgan fingerprint density at radius 1 is 1.52 bits per heavy atom. The van der Waals surface area contributed by atoms with Gasteiger partial charge in [-0.3, -0.25) is 0 Å². The molecule has 114 valence electrons. The van der Waals surface area contributed by atoms with Crippen molar-refractivity contribution >= 4 is 11.9 Å². The fourth-order valence-corrected chi connectivity index (χ4v) is 1.51. The van der Waals surface area contributed by atoms with Crippen molar-refractivity contribution in [1.29, 1.82) is 5.26 Å². The molecular formula is C14H21N5O2. The number of carbonyl (C=O) groups is 1. The zero-order valence-electron chi connectivity index (χ0n) is 12.8. The lowest BCUT2D eigenvalue weighted by Gasteiger charge is -2.22. The summed E-state index contributed by atoms with van der Waals surface area (Å²) in [6, 6.07) is 3.53. The molecule has 0 bridgehead atoms. The van der Waals surface area contributed by atoms with Gasteiger partial charge in [0, 0.05) is 18.8 Å². The number of nitrogens with zero attached hydrogens (tertiary/aromatic N) is 3. The second-order valence-corrected chi connectivity index (χ2v) is 5.64. The predicted octanol–water partition coefficient (Wildman–Crippen LogP) is 2.06. The van der Waals surface area contributed by atoms with Crippen LogP contribution in [0.1, 0.15) is 39.9 Å². The highest BCUT2D eigenvalue weighted by Gasteiger charge is 2.17. The lowest BCUT2D eigenvalue weighted by molar-refractivity contribution is 0.0507. The molecule has 1 amide bonds. The fraction of sp³-hybridized carbons (Fsp3) is 0.571. The SMILES string of the molecule is C[C@@H](CCNc1ccnc(C#N)n1)NC(=O)OC(C)(C)C. The van der Waals surface area contributed by atoms with E-state index in [1.165, 1.54) is 6.20 Å². The highest BCUT2D eigenvalue weighted by Crippen LogP contribution is 2.07. The standard InChI is InChI=1S/C14H21N5O2/c1-10(18-13(20)21-14(2,3)4)5-7-16-11-6-8-17-12(9-15)19-11/h6,8,10H,5,7H2,1-4H3,(H,18,20)(H,16,17,19)/t10-/m0/s1. The van der Waals surface area contributed by atoms with Crippen molar-refractivity contribution in [3.05, 3.63) is 18.1 Å². The van der Waals surface area contributed by atoms with Gasteiger partial charge in [-0.25, -0.2) is 14.8 Å². The molecule has 1 aromatic heterocycles. The van der Waals surface area contributed by atoms with Gasteiger partial charge in [0.2, 0.25) is 5.82 Å². The largest absolute Gasteiger partial charge is 0.444 e. The number of alkyl carbamates (subject to hydrolysis) is 1. The number of amides is 1. The first-order valence-electron chi connectivity index (χ1n) is 6.76. The lowest BCUT2D eigenvalue weighted by atomic mass is 10.2. The van der Waals surface area contributed by atoms with Crippen molar-refractivity contribution in [1.82, 2.24) is 15.3 Å². The summed E-state index contributed by atoms with van der Waals surface area (Å²) in [6.07, 6.45) is 1.80. The van der Waals surface area contributed by atoms with E-state index >= 15 is 0 Å². The molecule has 0 saturated heterocycles. The molecule has 0 fully saturated rings. The second-order valence-electron chi connectivity index (χ2n) is 5.64. The molecule has 0 aliphatic heterocycles. The van der Waals surface area contributed by atoms with Gasteiger partial charge in [0.05, 0.1) is 0 Å². The molecule has 0 radical (unpaired) electrons. The van der Waals surface area contributed by atoms with Crippen LogP contribution >= 0.6 is 0 Å². The van der Waals surface area contributed by atoms with Crippen LogP contribution in [0.5, 0.6) is 0 Å². The van der Waals surface area contributed by atoms with Crippen LogP contribution in [0.4, 0.5) is 10.6 Å². The van der Waals surface area contributed by atoms with Gasteiger partial charge >= 0.3 is 6.09 Å². The third-order valence-electron chi connectivity index (χ3n) is 2.40. The zero-order valence-corrected chi connectivity index (χ0v) is 12.8. The van der Waals surface area contributed by atoms with E-state index in [1.54, 1.807) is 6.07 Å². The quantitative estimate of drug-likeness (QED) is 0.861. The third kappa shape index (κ3) is 7.11. The summed E-state index contributed by atoms with van der Waals surface area (Å²) in [5.74, 6) is 0.714. The number of carbonyl (C=O) groups excluding carboxylic acids is 1. The Morgan fingerprint density at radius 3 is 2.86 bits per heavy atom. The van der Waals surface area contributed by atoms with Gasteiger partial charge in [0.1, 0.15) is 17.5 Å². The van der Waals surface area contributed by atoms with Crippen LogP contribution in [0.2, 0.25) is 0 Å². The summed E-state index contributed by atoms with van der Waals surface area (Å²) in [5.41, 5.74) is -0.503. The minimum Gasteiger partial charge on any atom is -0.444 e. The van der Waals surface area contributed by atoms with Crippen LogP contribution in [0.3, 0.4) is 0 Å². The maximum atomic E-state index is 11.6. The van der Waals surface area contributed by atoms with Crippen molar-refractivity contribution in [2.24, 2.45) is 0 Å². The van der Waals surface area contributed by atoms with Crippen molar-refractivity contribution in [3.63, 3.8) is 0 Å². The van der Waals surface area contributed by atoms with E-state index < -0.39 is 11.7 Å². The maximum absolute atomic E-state index is 11.6. The van der Waals surface area contributed by atoms with Gasteiger partial charge in [-0.1, -0.05) is 0 Å². The predicted molar refractivity (Wildman–Crippen MR) is 78.7 cm³/mol. The molecule has 0 aromatic carbocycles. The molecule has 2 N–H and O–H groups in total. The van der Waals surface area contributed by atoms with E-state index in [9.17, 15) is 4.79 Å². The fourth-order valence-electron chi connectivity index (χ4n) is 1.51. The molecule has 1 rings (SSSR count). The van der Waals surface area contributed by atoms with E-state index in [0.29, 0.717) is 18.8 Å². The molecule has 7 heteroatoms. The summed E-state index contributed by atoms with van der Waals surface area (Å²) in [4.78, 5) is 19.4. The van der Waals surface area contributed by atoms with Crippen LogP contribution in [0.25, 0.3) is 0 Å². The first kappa shape index (κ1) is 16.7. The molecule has 21 heavy (non-hydrogen) atoms. The normalized spacial score (nSPS) is 12.1. The summed E-state index contributed by atoms with van der Waals surface area (Å²) < 4.78 is 5.18. The van der Waals surface area contributed by atoms with Crippen molar-refractivity contribution < 1.29 is 9.53 Å². The van der Waals surface area contributed by atoms with Gasteiger partial charge in [0.25, 0.3) is 0 Å². The second kappa shape index (κ2) is 7.43. The summed E-state index contributed by atoms with van der Waals surface area (Å²) in [6.45, 7) is 7.97. The Labute approximate surface area is 124 Å². The Balaban J connectivity index is 2.32. The monoisotopic (exact) mass is 291 g/mol. The Bertz CT molecular complexity index is 519. The van der Waals surface area contributed by atoms with E-state index in [-0.39, 0.29) is 11.9 Å². The molecule has 0 saturated carbocycles. The average molecular weight is 291 g/mol. The molecule has 7 nitrogen and oxygen atoms in total. The van der Waals surface area contributed by atoms with Crippen LogP contribution in [-0.4, -0.2) is 34.2 Å². The molecule has 0 unspecified atom stereocenters. The van der Waals surface area contributed by atoms with Crippen LogP contribution in [0, 0.1) is 11.3 Å². The van der Waals surface area contributed by atoms with Gasteiger partial charge in [-0.2, -0.15) is 5.26 Å². The van der Waals surface area contributed by atoms with Crippen molar-refractivity contribution in [2.75, 3.05) is 11.9 Å². The number of anilines is 1. The Hall–Kier alpha value is -2.36. The topological polar surface area (TPSA) is 99.9 Å². The van der Waals surface area contributed by atoms with E-state index in [2.05, 4.69) is 20.6 Å². The number of rotatable bonds is 5. The van der Waals surface area contributed by atoms with E-state index in [1.807, 2.05) is 33.8 Å². The van der Waals surface area contributed by atoms with Gasteiger partial charge in [-0.05, 0) is 40.2 Å². The van der Waals surface area contributed by atoms with Crippen LogP contribution in [-0.2, 0) is 4.74 Å². The maximum Gasteiger partial charge on any atom is 0.407 e. The minimum absolute atomic E-state index is 0.0374. The lowest BCUT2D eigenvalue weighted by Crippen LogP contribution is -2.38. The number of aromatic nitrogens is 2. The smallest absolute Gasteiger partial charge is 0.407 e. The molecular weight excluding hydrogens is 270 g/mol. The zero-order chi connectivity index (χ0) is 15.9. The Kier molecular flexibility index (Phi) is 5.91. The van der Waals surface area contributed by atoms with Crippen LogP contribution < -0.4 is 10.6 Å². The molecule has 0 aliphatic rings. The third-order valence-corrected chi connectivity index (χ3v) is 2.40. The number of ether oxygens (including phenoxy) is 1. The first-order valence-corrected chi connectivity index (χ1v) is 6.76. The van der Waals surface area contributed by atoms with E-state index in [0.717, 1.165) is 0 Å². The number of hydrogen-bond donors (Lipinski definition) is 2. The first-order chi connectivity index (χ1) is 9.80. The number of nitriles is 1. The summed E-state index contributed by atoms with van der Waals surface area (Å²) in [7, 11) is 0. The highest BCUT2D eigenvalue weighted by molar-refractivity contribution is 5.68. The molecule has 0 aliphatic carbocycles.